The maximum absolute atomic E-state index is 10.4. The van der Waals surface area contributed by atoms with Crippen molar-refractivity contribution in [2.24, 2.45) is 0 Å². The third-order valence-electron chi connectivity index (χ3n) is 1.11. The molecule has 10 heavy (non-hydrogen) atoms. The molecule has 3 nitrogen and oxygen atoms in total. The minimum atomic E-state index is -0.314. The monoisotopic (exact) mass is 143 g/mol. The average Bonchev–Trinajstić information content (AvgIpc) is 1.98. The second kappa shape index (κ2) is 6.26. The molecular formula is C7H11O3. The summed E-state index contributed by atoms with van der Waals surface area (Å²) in [6.07, 6.45) is 3.17. The van der Waals surface area contributed by atoms with Gasteiger partial charge >= 0.3 is 5.97 Å². The fourth-order valence-electron chi connectivity index (χ4n) is 0.569. The first kappa shape index (κ1) is 9.14. The zero-order chi connectivity index (χ0) is 7.82. The lowest BCUT2D eigenvalue weighted by Gasteiger charge is -1.95. The van der Waals surface area contributed by atoms with Gasteiger partial charge in [0.1, 0.15) is 13.4 Å². The summed E-state index contributed by atoms with van der Waals surface area (Å²) in [5, 5.41) is 0. The van der Waals surface area contributed by atoms with Crippen LogP contribution < -0.4 is 0 Å². The molecule has 0 unspecified atom stereocenters. The van der Waals surface area contributed by atoms with E-state index in [1.807, 2.05) is 0 Å². The number of esters is 1. The van der Waals surface area contributed by atoms with Gasteiger partial charge in [0.25, 0.3) is 0 Å². The summed E-state index contributed by atoms with van der Waals surface area (Å²) < 4.78 is 4.15. The Bertz CT molecular complexity index is 109. The van der Waals surface area contributed by atoms with Crippen LogP contribution in [-0.4, -0.2) is 12.3 Å². The first-order valence-corrected chi connectivity index (χ1v) is 3.19. The van der Waals surface area contributed by atoms with E-state index in [2.05, 4.69) is 11.8 Å². The van der Waals surface area contributed by atoms with Crippen LogP contribution in [0.3, 0.4) is 0 Å². The van der Waals surface area contributed by atoms with Gasteiger partial charge in [-0.1, -0.05) is 0 Å². The summed E-state index contributed by atoms with van der Waals surface area (Å²) in [7, 11) is 2.97. The molecule has 0 atom stereocenters. The summed E-state index contributed by atoms with van der Waals surface area (Å²) in [4.78, 5) is 20.2. The quantitative estimate of drug-likeness (QED) is 0.328. The lowest BCUT2D eigenvalue weighted by atomic mass is 10.2. The maximum Gasteiger partial charge on any atom is 0.305 e. The van der Waals surface area contributed by atoms with Gasteiger partial charge in [-0.15, -0.1) is 0 Å². The number of carbonyl (C=O) groups is 2. The second-order valence-electron chi connectivity index (χ2n) is 1.93. The highest BCUT2D eigenvalue weighted by molar-refractivity contribution is 5.69. The Kier molecular flexibility index (Phi) is 5.72. The number of hydrogen-bond donors (Lipinski definition) is 0. The van der Waals surface area contributed by atoms with E-state index < -0.39 is 0 Å². The highest BCUT2D eigenvalue weighted by Crippen LogP contribution is 1.98. The van der Waals surface area contributed by atoms with Crippen molar-refractivity contribution < 1.29 is 14.3 Å². The summed E-state index contributed by atoms with van der Waals surface area (Å²) in [5.74, 6) is -0.314. The van der Waals surface area contributed by atoms with E-state index in [9.17, 15) is 9.59 Å². The normalized spacial score (nSPS) is 8.90. The average molecular weight is 143 g/mol. The Balaban J connectivity index is 3.03. The molecule has 0 aliphatic heterocycles. The van der Waals surface area contributed by atoms with Gasteiger partial charge in [-0.3, -0.25) is 4.79 Å². The summed E-state index contributed by atoms with van der Waals surface area (Å²) in [6.45, 7) is 0. The lowest BCUT2D eigenvalue weighted by Crippen LogP contribution is -1.97. The van der Waals surface area contributed by atoms with Gasteiger partial charge in [0, 0.05) is 12.8 Å². The van der Waals surface area contributed by atoms with Gasteiger partial charge in [-0.05, 0) is 12.8 Å². The summed E-state index contributed by atoms with van der Waals surface area (Å²) in [5.41, 5.74) is 0. The molecule has 0 N–H and O–H groups in total. The van der Waals surface area contributed by atoms with E-state index in [1.165, 1.54) is 0 Å². The molecule has 0 aliphatic rings. The molecule has 0 saturated carbocycles. The van der Waals surface area contributed by atoms with Gasteiger partial charge in [0.05, 0.1) is 0 Å². The Morgan fingerprint density at radius 3 is 2.70 bits per heavy atom. The van der Waals surface area contributed by atoms with Crippen molar-refractivity contribution in [1.29, 1.82) is 0 Å². The highest BCUT2D eigenvalue weighted by Gasteiger charge is 1.97. The predicted molar refractivity (Wildman–Crippen MR) is 36.0 cm³/mol. The molecule has 0 rings (SSSR count). The number of aldehydes is 1. The van der Waals surface area contributed by atoms with Crippen LogP contribution >= 0.6 is 0 Å². The van der Waals surface area contributed by atoms with Gasteiger partial charge in [0.15, 0.2) is 0 Å². The molecule has 1 radical (unpaired) electrons. The summed E-state index contributed by atoms with van der Waals surface area (Å²) in [6, 6.07) is 0. The van der Waals surface area contributed by atoms with Gasteiger partial charge < -0.3 is 9.53 Å². The van der Waals surface area contributed by atoms with Gasteiger partial charge in [-0.25, -0.2) is 0 Å². The minimum Gasteiger partial charge on any atom is -0.462 e. The Morgan fingerprint density at radius 2 is 2.20 bits per heavy atom. The molecule has 0 saturated heterocycles. The van der Waals surface area contributed by atoms with Crippen LogP contribution in [0.15, 0.2) is 0 Å². The van der Waals surface area contributed by atoms with Crippen molar-refractivity contribution in [3.05, 3.63) is 7.11 Å². The van der Waals surface area contributed by atoms with Crippen LogP contribution in [0.1, 0.15) is 25.7 Å². The van der Waals surface area contributed by atoms with Crippen molar-refractivity contribution >= 4 is 12.3 Å². The molecule has 0 aliphatic carbocycles. The minimum absolute atomic E-state index is 0.314. The van der Waals surface area contributed by atoms with E-state index in [1.54, 1.807) is 0 Å². The Morgan fingerprint density at radius 1 is 1.50 bits per heavy atom. The van der Waals surface area contributed by atoms with E-state index in [0.29, 0.717) is 19.3 Å². The topological polar surface area (TPSA) is 43.4 Å². The molecule has 0 aromatic carbocycles. The molecule has 3 heteroatoms. The molecule has 0 spiro atoms. The smallest absolute Gasteiger partial charge is 0.305 e. The van der Waals surface area contributed by atoms with Crippen molar-refractivity contribution in [2.45, 2.75) is 25.7 Å². The molecule has 0 amide bonds. The van der Waals surface area contributed by atoms with Crippen LogP contribution in [-0.2, 0) is 14.3 Å². The zero-order valence-corrected chi connectivity index (χ0v) is 5.84. The highest BCUT2D eigenvalue weighted by atomic mass is 16.5. The van der Waals surface area contributed by atoms with Crippen molar-refractivity contribution in [2.75, 3.05) is 0 Å². The third-order valence-corrected chi connectivity index (χ3v) is 1.11. The zero-order valence-electron chi connectivity index (χ0n) is 5.84. The van der Waals surface area contributed by atoms with E-state index in [0.717, 1.165) is 12.7 Å². The molecule has 57 valence electrons. The van der Waals surface area contributed by atoms with E-state index in [4.69, 9.17) is 0 Å². The van der Waals surface area contributed by atoms with Gasteiger partial charge in [-0.2, -0.15) is 0 Å². The van der Waals surface area contributed by atoms with Crippen LogP contribution in [0, 0.1) is 7.11 Å². The maximum atomic E-state index is 10.4. The SMILES string of the molecule is [CH2]OC(=O)CCCCC=O. The number of hydrogen-bond acceptors (Lipinski definition) is 3. The molecule has 0 heterocycles. The lowest BCUT2D eigenvalue weighted by molar-refractivity contribution is -0.138. The predicted octanol–water partition coefficient (Wildman–Crippen LogP) is 1.08. The van der Waals surface area contributed by atoms with E-state index >= 15 is 0 Å². The molecule has 0 fully saturated rings. The van der Waals surface area contributed by atoms with Crippen LogP contribution in [0.25, 0.3) is 0 Å². The van der Waals surface area contributed by atoms with E-state index in [-0.39, 0.29) is 5.97 Å². The van der Waals surface area contributed by atoms with Crippen molar-refractivity contribution in [1.82, 2.24) is 0 Å². The molecule has 0 aromatic rings. The van der Waals surface area contributed by atoms with Gasteiger partial charge in [0.2, 0.25) is 0 Å². The number of carbonyl (C=O) groups excluding carboxylic acids is 2. The standard InChI is InChI=1S/C7H11O3/c1-10-7(9)5-3-2-4-6-8/h6H,1-5H2. The van der Waals surface area contributed by atoms with Crippen molar-refractivity contribution in [3.63, 3.8) is 0 Å². The molecule has 0 aromatic heterocycles. The Labute approximate surface area is 60.4 Å². The molecule has 0 bridgehead atoms. The number of rotatable bonds is 5. The van der Waals surface area contributed by atoms with Crippen LogP contribution in [0.4, 0.5) is 0 Å². The number of unbranched alkanes of at least 4 members (excludes halogenated alkanes) is 2. The van der Waals surface area contributed by atoms with Crippen LogP contribution in [0.2, 0.25) is 0 Å². The largest absolute Gasteiger partial charge is 0.462 e. The fourth-order valence-corrected chi connectivity index (χ4v) is 0.569. The third kappa shape index (κ3) is 5.28. The Hall–Kier alpha value is -0.860. The van der Waals surface area contributed by atoms with Crippen LogP contribution in [0.5, 0.6) is 0 Å². The number of ether oxygens (including phenoxy) is 1. The first-order valence-electron chi connectivity index (χ1n) is 3.19. The molecular weight excluding hydrogens is 132 g/mol. The first-order chi connectivity index (χ1) is 4.81. The summed E-state index contributed by atoms with van der Waals surface area (Å²) >= 11 is 0. The van der Waals surface area contributed by atoms with Crippen molar-refractivity contribution in [3.8, 4) is 0 Å². The fraction of sp³-hybridized carbons (Fsp3) is 0.571. The second-order valence-corrected chi connectivity index (χ2v) is 1.93.